The Morgan fingerprint density at radius 1 is 0.628 bits per heavy atom. The van der Waals surface area contributed by atoms with Crippen molar-refractivity contribution in [1.82, 2.24) is 19.4 Å². The maximum absolute atomic E-state index is 13.6. The number of allylic oxidation sites excluding steroid dienone is 2. The number of anilines is 2. The highest BCUT2D eigenvalue weighted by molar-refractivity contribution is 7.99. The number of hydrogen-bond acceptors (Lipinski definition) is 13. The molecule has 4 N–H and O–H groups in total. The summed E-state index contributed by atoms with van der Waals surface area (Å²) in [5.74, 6) is 5.36. The van der Waals surface area contributed by atoms with Gasteiger partial charge in [0.25, 0.3) is 11.8 Å². The molecule has 15 nitrogen and oxygen atoms in total. The Bertz CT molecular complexity index is 3280. The summed E-state index contributed by atoms with van der Waals surface area (Å²) < 4.78 is 57.9. The molecule has 2 spiro atoms. The predicted octanol–water partition coefficient (Wildman–Crippen LogP) is 11.6. The Hall–Kier alpha value is -5.17. The van der Waals surface area contributed by atoms with Crippen LogP contribution in [0.3, 0.4) is 0 Å². The molecule has 4 aromatic rings. The summed E-state index contributed by atoms with van der Waals surface area (Å²) in [6.07, 6.45) is 18.4. The number of fused-ring (bicyclic) bond motifs is 8. The summed E-state index contributed by atoms with van der Waals surface area (Å²) in [6, 6.07) is 19.0. The van der Waals surface area contributed by atoms with Gasteiger partial charge >= 0.3 is 0 Å². The lowest BCUT2D eigenvalue weighted by molar-refractivity contribution is -0.0318. The van der Waals surface area contributed by atoms with E-state index in [1.165, 1.54) is 28.3 Å². The van der Waals surface area contributed by atoms with Gasteiger partial charge in [0.05, 0.1) is 39.4 Å². The van der Waals surface area contributed by atoms with Crippen LogP contribution in [0.1, 0.15) is 164 Å². The Kier molecular flexibility index (Phi) is 19.0. The Morgan fingerprint density at radius 2 is 1.06 bits per heavy atom. The molecule has 2 amide bonds. The first-order chi connectivity index (χ1) is 39.8. The number of benzene rings is 2. The molecule has 0 saturated heterocycles. The molecule has 4 aliphatic heterocycles. The van der Waals surface area contributed by atoms with Crippen LogP contribution in [-0.2, 0) is 43.4 Å². The van der Waals surface area contributed by atoms with Crippen LogP contribution in [0.5, 0.6) is 11.5 Å². The summed E-state index contributed by atoms with van der Waals surface area (Å²) in [5, 5.41) is 23.4. The number of sulfonamides is 1. The lowest BCUT2D eigenvalue weighted by Crippen LogP contribution is -2.51. The molecule has 19 heteroatoms. The van der Waals surface area contributed by atoms with E-state index in [4.69, 9.17) is 42.6 Å². The first kappa shape index (κ1) is 65.3. The van der Waals surface area contributed by atoms with Crippen LogP contribution in [0.25, 0.3) is 0 Å². The molecule has 8 aliphatic rings. The van der Waals surface area contributed by atoms with Crippen molar-refractivity contribution in [2.75, 3.05) is 49.2 Å². The van der Waals surface area contributed by atoms with Crippen molar-refractivity contribution in [3.8, 4) is 11.5 Å². The number of nitrogens with zero attached hydrogens (tertiary/aromatic N) is 4. The molecule has 4 aliphatic carbocycles. The molecule has 12 rings (SSSR count). The van der Waals surface area contributed by atoms with Crippen molar-refractivity contribution in [2.45, 2.75) is 166 Å². The maximum atomic E-state index is 13.6. The number of aryl methyl sites for hydroxylation is 2. The van der Waals surface area contributed by atoms with Crippen molar-refractivity contribution < 1.29 is 41.9 Å². The number of halogens is 2. The van der Waals surface area contributed by atoms with Gasteiger partial charge in [-0.3, -0.25) is 14.3 Å². The van der Waals surface area contributed by atoms with E-state index in [0.29, 0.717) is 75.4 Å². The molecule has 0 radical (unpaired) electrons. The number of amides is 2. The third kappa shape index (κ3) is 12.8. The molecule has 86 heavy (non-hydrogen) atoms. The van der Waals surface area contributed by atoms with E-state index in [0.717, 1.165) is 74.3 Å². The molecular weight excluding hydrogens is 1170 g/mol. The second-order valence-electron chi connectivity index (χ2n) is 26.4. The van der Waals surface area contributed by atoms with Gasteiger partial charge in [0.1, 0.15) is 11.4 Å². The van der Waals surface area contributed by atoms with Gasteiger partial charge in [0, 0.05) is 52.3 Å². The number of pyridine rings is 2. The van der Waals surface area contributed by atoms with Crippen molar-refractivity contribution in [3.63, 3.8) is 0 Å². The van der Waals surface area contributed by atoms with Crippen LogP contribution in [0, 0.1) is 35.5 Å². The lowest BCUT2D eigenvalue weighted by Gasteiger charge is -2.48. The standard InChI is InChI=1S/C33H42ClN3O4S.C32H40ClN3O5S.2CH4/c1-21-7-5-15-32(3,39)26-11-9-24(26)18-37-19-33(16-6-8-23-17-25(34)10-12-27(23)33)20-41-29-14-13-28(35-30(29)37)31(38)36-42(4,40)22(21)2;1-20-6-4-14-31(3,38)25-10-8-23(25)17-36-18-32(15-5-7-22-16-24(33)9-11-26(22)32)19-41-28-13-12-27(34-29(28)36)30(37)35-42(39,40)21(20)2;;/h5,10,12-15,17,21-22,24,26,39H,4,6-9,11,16,18-20H2,1-3H3,(H,36,38,40);4,9,11-14,16,20-21,23,25,38H,5-8,10,15,17-19H2,1-3H3,(H,35,37);2*1H4/b15-5+;14-4+;;/t21-,22+,24-,26+,32+,33-,42?;20-,21+,23-,25+,31+,32-;;/m00../s1. The first-order valence-corrected chi connectivity index (χ1v) is 34.3. The van der Waals surface area contributed by atoms with Crippen molar-refractivity contribution in [1.29, 1.82) is 0 Å². The minimum absolute atomic E-state index is 0. The fourth-order valence-corrected chi connectivity index (χ4v) is 18.0. The van der Waals surface area contributed by atoms with Gasteiger partial charge < -0.3 is 29.5 Å². The van der Waals surface area contributed by atoms with Crippen molar-refractivity contribution in [2.24, 2.45) is 35.5 Å². The molecule has 2 fully saturated rings. The Labute approximate surface area is 521 Å². The highest BCUT2D eigenvalue weighted by Gasteiger charge is 2.49. The van der Waals surface area contributed by atoms with Gasteiger partial charge in [-0.05, 0) is 217 Å². The zero-order valence-electron chi connectivity index (χ0n) is 49.3. The van der Waals surface area contributed by atoms with Crippen LogP contribution in [0.2, 0.25) is 10.0 Å². The van der Waals surface area contributed by atoms with Crippen molar-refractivity contribution in [3.05, 3.63) is 129 Å². The van der Waals surface area contributed by atoms with E-state index in [1.807, 2.05) is 77.1 Å². The third-order valence-corrected chi connectivity index (χ3v) is 25.2. The second kappa shape index (κ2) is 25.0. The van der Waals surface area contributed by atoms with Gasteiger partial charge in [-0.2, -0.15) is 0 Å². The summed E-state index contributed by atoms with van der Waals surface area (Å²) in [7, 11) is -6.93. The highest BCUT2D eigenvalue weighted by Crippen LogP contribution is 2.50. The zero-order valence-corrected chi connectivity index (χ0v) is 52.4. The lowest BCUT2D eigenvalue weighted by atomic mass is 9.64. The number of carbonyl (C=O) groups is 2. The van der Waals surface area contributed by atoms with E-state index >= 15 is 0 Å². The summed E-state index contributed by atoms with van der Waals surface area (Å²) in [5.41, 5.74) is 2.63. The fourth-order valence-electron chi connectivity index (χ4n) is 14.8. The predicted molar refractivity (Wildman–Crippen MR) is 347 cm³/mol. The molecule has 4 bridgehead atoms. The van der Waals surface area contributed by atoms with Crippen LogP contribution < -0.4 is 28.7 Å². The molecule has 2 aromatic carbocycles. The topological polar surface area (TPSA) is 201 Å². The molecule has 6 heterocycles. The minimum atomic E-state index is -3.97. The van der Waals surface area contributed by atoms with Crippen LogP contribution in [-0.4, -0.2) is 112 Å². The number of aromatic nitrogens is 2. The van der Waals surface area contributed by atoms with Gasteiger partial charge in [0.2, 0.25) is 10.0 Å². The molecule has 468 valence electrons. The molecule has 13 atom stereocenters. The third-order valence-electron chi connectivity index (χ3n) is 20.6. The summed E-state index contributed by atoms with van der Waals surface area (Å²) >= 11 is 12.8. The smallest absolute Gasteiger partial charge is 0.283 e. The van der Waals surface area contributed by atoms with Crippen molar-refractivity contribution >= 4 is 72.3 Å². The molecule has 1 unspecified atom stereocenters. The molecular formula is C67H90Cl2N6O9S2. The maximum Gasteiger partial charge on any atom is 0.283 e. The van der Waals surface area contributed by atoms with Gasteiger partial charge in [0.15, 0.2) is 23.1 Å². The van der Waals surface area contributed by atoms with E-state index in [-0.39, 0.29) is 77.8 Å². The number of hydrogen-bond donors (Lipinski definition) is 4. The van der Waals surface area contributed by atoms with Gasteiger partial charge in [-0.15, -0.1) is 0 Å². The van der Waals surface area contributed by atoms with Crippen LogP contribution in [0.15, 0.2) is 85.0 Å². The van der Waals surface area contributed by atoms with Crippen LogP contribution >= 0.6 is 23.2 Å². The molecule has 2 saturated carbocycles. The normalized spacial score (nSPS) is 35.4. The number of aliphatic hydroxyl groups is 2. The second-order valence-corrected chi connectivity index (χ2v) is 31.7. The average molecular weight is 1260 g/mol. The Balaban J connectivity index is 0.000000201. The largest absolute Gasteiger partial charge is 0.489 e. The summed E-state index contributed by atoms with van der Waals surface area (Å²) in [4.78, 5) is 40.8. The average Bonchev–Trinajstić information content (AvgIpc) is 1.48. The zero-order chi connectivity index (χ0) is 59.7. The van der Waals surface area contributed by atoms with Gasteiger partial charge in [-0.1, -0.05) is 88.3 Å². The quantitative estimate of drug-likeness (QED) is 0.0958. The number of ether oxygens (including phenoxy) is 2. The minimum Gasteiger partial charge on any atom is -0.489 e. The summed E-state index contributed by atoms with van der Waals surface area (Å²) in [6.45, 7) is 14.6. The first-order valence-electron chi connectivity index (χ1n) is 30.2. The van der Waals surface area contributed by atoms with E-state index in [9.17, 15) is 32.4 Å². The van der Waals surface area contributed by atoms with E-state index < -0.39 is 48.0 Å². The van der Waals surface area contributed by atoms with E-state index in [1.54, 1.807) is 19.1 Å². The van der Waals surface area contributed by atoms with E-state index in [2.05, 4.69) is 49.4 Å². The molecule has 2 aromatic heterocycles. The number of nitrogens with one attached hydrogen (secondary N) is 2. The highest BCUT2D eigenvalue weighted by atomic mass is 35.5. The fraction of sp³-hybridized carbons (Fsp3) is 0.567. The number of carbonyl (C=O) groups excluding carboxylic acids is 2. The number of rotatable bonds is 0. The van der Waals surface area contributed by atoms with Gasteiger partial charge in [-0.25, -0.2) is 27.3 Å². The SMILES string of the molecule is C.C.C=S1(=O)NC(=O)c2ccc3c(n2)N(C[C@@H]2CC[C@H]2[C@](C)(O)/C=C/C[C@H](C)[C@H]1C)C[C@@]1(CCCc2cc(Cl)ccc21)CO3.C[C@@H]1[C@@H](C)C/C=C/[C@@](C)(O)[C@@H]2CC[C@H]2CN2C[C@@]3(CCCc4cc(Cl)ccc43)COc3ccc(nc32)C(=O)NS1(=O)=O. The van der Waals surface area contributed by atoms with Crippen LogP contribution in [0.4, 0.5) is 11.6 Å². The Morgan fingerprint density at radius 3 is 1.49 bits per heavy atom. The monoisotopic (exact) mass is 1260 g/mol.